The summed E-state index contributed by atoms with van der Waals surface area (Å²) in [4.78, 5) is 87.7. The van der Waals surface area contributed by atoms with Crippen molar-refractivity contribution >= 4 is 41.0 Å². The smallest absolute Gasteiger partial charge is 0.227 e. The third kappa shape index (κ3) is 12.6. The predicted molar refractivity (Wildman–Crippen MR) is 212 cm³/mol. The summed E-state index contributed by atoms with van der Waals surface area (Å²) in [5.74, 6) is -4.37. The van der Waals surface area contributed by atoms with Gasteiger partial charge in [-0.1, -0.05) is 87.7 Å². The number of benzene rings is 2. The molecule has 1 aliphatic heterocycles. The highest BCUT2D eigenvalue weighted by Crippen LogP contribution is 2.32. The summed E-state index contributed by atoms with van der Waals surface area (Å²) in [7, 11) is 0. The fourth-order valence-electron chi connectivity index (χ4n) is 8.19. The van der Waals surface area contributed by atoms with Crippen molar-refractivity contribution in [2.75, 3.05) is 6.54 Å². The maximum atomic E-state index is 14.9. The quantitative estimate of drug-likeness (QED) is 0.0873. The highest BCUT2D eigenvalue weighted by Gasteiger charge is 2.41. The first kappa shape index (κ1) is 42.9. The molecule has 0 spiro atoms. The molecule has 5 unspecified atom stereocenters. The summed E-state index contributed by atoms with van der Waals surface area (Å²) in [6.07, 6.45) is 5.45. The number of fused-ring (bicyclic) bond motifs is 1. The Kier molecular flexibility index (Phi) is 16.1. The van der Waals surface area contributed by atoms with Gasteiger partial charge in [-0.3, -0.25) is 29.0 Å². The molecule has 2 aliphatic rings. The number of amides is 3. The molecule has 12 nitrogen and oxygen atoms in total. The maximum absolute atomic E-state index is 14.9. The second-order valence-electron chi connectivity index (χ2n) is 15.9. The Morgan fingerprint density at radius 3 is 2.11 bits per heavy atom. The molecule has 0 radical (unpaired) electrons. The van der Waals surface area contributed by atoms with E-state index < -0.39 is 35.7 Å². The minimum atomic E-state index is -0.873. The number of carbonyl (C=O) groups excluding carboxylic acids is 6. The van der Waals surface area contributed by atoms with Gasteiger partial charge in [0.25, 0.3) is 0 Å². The van der Waals surface area contributed by atoms with Crippen LogP contribution in [0.5, 0.6) is 0 Å². The van der Waals surface area contributed by atoms with Gasteiger partial charge in [-0.15, -0.1) is 0 Å². The molecular formula is C43H60N6O6. The number of rotatable bonds is 20. The molecule has 12 heteroatoms. The van der Waals surface area contributed by atoms with Crippen molar-refractivity contribution in [3.63, 3.8) is 0 Å². The van der Waals surface area contributed by atoms with Gasteiger partial charge in [-0.25, -0.2) is 0 Å². The van der Waals surface area contributed by atoms with E-state index in [9.17, 15) is 28.8 Å². The zero-order chi connectivity index (χ0) is 40.1. The first-order chi connectivity index (χ1) is 26.2. The number of nitrogens with one attached hydrogen (secondary N) is 1. The van der Waals surface area contributed by atoms with Crippen LogP contribution in [0.2, 0.25) is 0 Å². The van der Waals surface area contributed by atoms with Crippen LogP contribution < -0.4 is 22.5 Å². The second-order valence-corrected chi connectivity index (χ2v) is 15.9. The fraction of sp³-hybridized carbons (Fsp3) is 0.558. The van der Waals surface area contributed by atoms with Crippen LogP contribution in [0, 0.1) is 29.6 Å². The van der Waals surface area contributed by atoms with Crippen LogP contribution in [0.1, 0.15) is 102 Å². The third-order valence-electron chi connectivity index (χ3n) is 11.3. The van der Waals surface area contributed by atoms with Gasteiger partial charge in [-0.2, -0.15) is 0 Å². The van der Waals surface area contributed by atoms with Gasteiger partial charge in [0.1, 0.15) is 5.78 Å². The standard InChI is InChI=1S/C43H60N6O6/c1-27(2)35(21-28(3)50)41(54)48-39(30-15-8-5-9-16-30)38(52)24-32(19-12-20-47-43(45)46)42(55)49-26-33-18-11-10-17-31(33)23-36(49)37(51)25-34(40(44)53)22-29-13-6-4-7-14-29/h4,6-7,10-11,13-14,17-18,27,30,32,34-36,39H,5,8-9,12,15-16,19-26H2,1-3H3,(H2,44,53)(H,48,54)(H4,45,46,47). The van der Waals surface area contributed by atoms with Crippen molar-refractivity contribution in [1.82, 2.24) is 10.2 Å². The van der Waals surface area contributed by atoms with Crippen LogP contribution in [-0.4, -0.2) is 64.6 Å². The number of hydrogen-bond acceptors (Lipinski definition) is 7. The number of carbonyl (C=O) groups is 6. The molecule has 2 aromatic rings. The summed E-state index contributed by atoms with van der Waals surface area (Å²) in [5.41, 5.74) is 19.7. The molecule has 1 heterocycles. The maximum Gasteiger partial charge on any atom is 0.227 e. The van der Waals surface area contributed by atoms with E-state index in [0.717, 1.165) is 48.8 Å². The molecule has 1 saturated carbocycles. The molecule has 298 valence electrons. The van der Waals surface area contributed by atoms with Gasteiger partial charge in [0, 0.05) is 56.5 Å². The van der Waals surface area contributed by atoms with Gasteiger partial charge >= 0.3 is 0 Å². The highest BCUT2D eigenvalue weighted by molar-refractivity contribution is 5.96. The monoisotopic (exact) mass is 756 g/mol. The van der Waals surface area contributed by atoms with Crippen molar-refractivity contribution < 1.29 is 28.8 Å². The minimum absolute atomic E-state index is 0.0782. The molecule has 4 rings (SSSR count). The number of aliphatic imine (C=N–C) groups is 1. The lowest BCUT2D eigenvalue weighted by atomic mass is 9.79. The van der Waals surface area contributed by atoms with E-state index >= 15 is 0 Å². The fourth-order valence-corrected chi connectivity index (χ4v) is 8.19. The highest BCUT2D eigenvalue weighted by atomic mass is 16.2. The lowest BCUT2D eigenvalue weighted by Gasteiger charge is -2.39. The summed E-state index contributed by atoms with van der Waals surface area (Å²) in [6.45, 7) is 5.64. The van der Waals surface area contributed by atoms with Crippen molar-refractivity contribution in [3.05, 3.63) is 71.3 Å². The minimum Gasteiger partial charge on any atom is -0.370 e. The lowest BCUT2D eigenvalue weighted by molar-refractivity contribution is -0.146. The Labute approximate surface area is 325 Å². The molecule has 7 N–H and O–H groups in total. The van der Waals surface area contributed by atoms with Crippen LogP contribution in [0.25, 0.3) is 0 Å². The Bertz CT molecular complexity index is 1680. The van der Waals surface area contributed by atoms with Crippen molar-refractivity contribution in [3.8, 4) is 0 Å². The van der Waals surface area contributed by atoms with Gasteiger partial charge in [0.2, 0.25) is 17.7 Å². The van der Waals surface area contributed by atoms with Gasteiger partial charge < -0.3 is 32.2 Å². The van der Waals surface area contributed by atoms with Gasteiger partial charge in [-0.05, 0) is 67.6 Å². The molecular weight excluding hydrogens is 697 g/mol. The molecule has 1 aliphatic carbocycles. The number of primary amides is 1. The van der Waals surface area contributed by atoms with Crippen molar-refractivity contribution in [1.29, 1.82) is 0 Å². The molecule has 0 bridgehead atoms. The number of Topliss-reactive ketones (excluding diaryl/α,β-unsaturated/α-hetero) is 3. The van der Waals surface area contributed by atoms with E-state index in [1.54, 1.807) is 4.90 Å². The molecule has 1 fully saturated rings. The van der Waals surface area contributed by atoms with Crippen molar-refractivity contribution in [2.24, 2.45) is 51.8 Å². The van der Waals surface area contributed by atoms with E-state index in [4.69, 9.17) is 17.2 Å². The van der Waals surface area contributed by atoms with Crippen LogP contribution in [0.3, 0.4) is 0 Å². The van der Waals surface area contributed by atoms with E-state index in [1.165, 1.54) is 6.92 Å². The van der Waals surface area contributed by atoms with E-state index in [2.05, 4.69) is 10.3 Å². The number of hydrogen-bond donors (Lipinski definition) is 4. The summed E-state index contributed by atoms with van der Waals surface area (Å²) in [5, 5.41) is 3.05. The number of nitrogens with two attached hydrogens (primary N) is 3. The number of nitrogens with zero attached hydrogens (tertiary/aromatic N) is 2. The third-order valence-corrected chi connectivity index (χ3v) is 11.3. The Morgan fingerprint density at radius 1 is 0.836 bits per heavy atom. The van der Waals surface area contributed by atoms with Crippen molar-refractivity contribution in [2.45, 2.75) is 116 Å². The summed E-state index contributed by atoms with van der Waals surface area (Å²) >= 11 is 0. The SMILES string of the molecule is CC(=O)CC(C(=O)NC(C(=O)CC(CCCN=C(N)N)C(=O)N1Cc2ccccc2CC1C(=O)CC(Cc1ccccc1)C(N)=O)C1CCCCC1)C(C)C. The van der Waals surface area contributed by atoms with E-state index in [0.29, 0.717) is 12.8 Å². The predicted octanol–water partition coefficient (Wildman–Crippen LogP) is 4.19. The van der Waals surface area contributed by atoms with Crippen LogP contribution in [-0.2, 0) is 48.2 Å². The zero-order valence-electron chi connectivity index (χ0n) is 32.7. The Balaban J connectivity index is 1.65. The van der Waals surface area contributed by atoms with Crippen LogP contribution in [0.4, 0.5) is 0 Å². The average Bonchev–Trinajstić information content (AvgIpc) is 3.16. The largest absolute Gasteiger partial charge is 0.370 e. The Morgan fingerprint density at radius 2 is 1.49 bits per heavy atom. The summed E-state index contributed by atoms with van der Waals surface area (Å²) in [6, 6.07) is 15.3. The molecule has 5 atom stereocenters. The lowest BCUT2D eigenvalue weighted by Crippen LogP contribution is -2.53. The Hall–Kier alpha value is -4.87. The molecule has 3 amide bonds. The average molecular weight is 757 g/mol. The van der Waals surface area contributed by atoms with E-state index in [-0.39, 0.29) is 92.2 Å². The first-order valence-corrected chi connectivity index (χ1v) is 19.9. The second kappa shape index (κ2) is 20.7. The normalized spacial score (nSPS) is 18.0. The van der Waals surface area contributed by atoms with Gasteiger partial charge in [0.05, 0.1) is 12.1 Å². The molecule has 0 aromatic heterocycles. The number of guanidine groups is 1. The van der Waals surface area contributed by atoms with Crippen LogP contribution >= 0.6 is 0 Å². The molecule has 2 aromatic carbocycles. The van der Waals surface area contributed by atoms with E-state index in [1.807, 2.05) is 68.4 Å². The van der Waals surface area contributed by atoms with Crippen LogP contribution in [0.15, 0.2) is 59.6 Å². The first-order valence-electron chi connectivity index (χ1n) is 19.9. The topological polar surface area (TPSA) is 208 Å². The zero-order valence-corrected chi connectivity index (χ0v) is 32.7. The summed E-state index contributed by atoms with van der Waals surface area (Å²) < 4.78 is 0. The van der Waals surface area contributed by atoms with Gasteiger partial charge in [0.15, 0.2) is 17.5 Å². The molecule has 55 heavy (non-hydrogen) atoms. The number of ketones is 3. The molecule has 0 saturated heterocycles.